The van der Waals surface area contributed by atoms with Gasteiger partial charge < -0.3 is 16.5 Å². The number of carbonyl (C=O) groups is 1. The number of hydrogen-bond donors (Lipinski definition) is 4. The Labute approximate surface area is 386 Å². The zero-order valence-electron chi connectivity index (χ0n) is 32.0. The third-order valence-corrected chi connectivity index (χ3v) is 7.83. The predicted octanol–water partition coefficient (Wildman–Crippen LogP) is 3.44. The first-order valence-corrected chi connectivity index (χ1v) is 24.8. The summed E-state index contributed by atoms with van der Waals surface area (Å²) in [4.78, 5) is 43.9. The molecule has 6 rings (SSSR count). The van der Waals surface area contributed by atoms with Gasteiger partial charge >= 0.3 is 29.6 Å². The molecular formula is C30H40BBr4N12NaO4PS2. The topological polar surface area (TPSA) is 203 Å². The first-order valence-electron chi connectivity index (χ1n) is 14.9. The maximum absolute atomic E-state index is 11.2. The fourth-order valence-corrected chi connectivity index (χ4v) is 5.25. The Morgan fingerprint density at radius 3 is 1.62 bits per heavy atom. The van der Waals surface area contributed by atoms with E-state index in [0.29, 0.717) is 15.6 Å². The van der Waals surface area contributed by atoms with Crippen LogP contribution in [0.5, 0.6) is 0 Å². The van der Waals surface area contributed by atoms with Gasteiger partial charge in [-0.1, -0.05) is 27.7 Å². The molecule has 0 unspecified atom stereocenters. The summed E-state index contributed by atoms with van der Waals surface area (Å²) >= 11 is 19.0. The van der Waals surface area contributed by atoms with Crippen molar-refractivity contribution >= 4 is 105 Å². The number of H-pyrrole nitrogens is 3. The molecule has 0 aliphatic heterocycles. The van der Waals surface area contributed by atoms with Gasteiger partial charge in [-0.25, -0.2) is 4.98 Å². The number of hydrogen-bond acceptors (Lipinski definition) is 11. The van der Waals surface area contributed by atoms with Crippen molar-refractivity contribution in [2.45, 2.75) is 36.7 Å². The number of aldehydes is 1. The third-order valence-electron chi connectivity index (χ3n) is 6.15. The Kier molecular flexibility index (Phi) is 31.4. The smallest absolute Gasteiger partial charge is 1.00 e. The molecule has 6 heterocycles. The predicted molar refractivity (Wildman–Crippen MR) is 233 cm³/mol. The quantitative estimate of drug-likeness (QED) is 0.0362. The minimum atomic E-state index is -0.183. The van der Waals surface area contributed by atoms with Crippen molar-refractivity contribution in [3.63, 3.8) is 0 Å². The SMILES string of the molecule is BrP(Br)Br.Cc1cc(=O)[nH]c(=S)[nH]1.Cc1cc(=O)[nH]c(SCc2ccnn2C)n1.Cn1nccc1C=O.Cn1nccc1CBr.Cn1nccc1CO.[B].[H-].[Na+]. The molecule has 0 saturated heterocycles. The van der Waals surface area contributed by atoms with Crippen LogP contribution in [0, 0.1) is 18.6 Å². The molecule has 0 saturated carbocycles. The fraction of sp³-hybridized carbons (Fsp3) is 0.300. The number of aryl methyl sites for hydroxylation is 6. The van der Waals surface area contributed by atoms with Crippen molar-refractivity contribution in [3.05, 3.63) is 121 Å². The molecule has 4 N–H and O–H groups in total. The Balaban J connectivity index is -0.000000622. The van der Waals surface area contributed by atoms with Crippen molar-refractivity contribution in [1.82, 2.24) is 59.1 Å². The molecule has 0 aliphatic carbocycles. The van der Waals surface area contributed by atoms with Crippen LogP contribution in [-0.4, -0.2) is 78.9 Å². The molecule has 0 fully saturated rings. The normalized spacial score (nSPS) is 9.45. The maximum Gasteiger partial charge on any atom is 1.00 e. The van der Waals surface area contributed by atoms with E-state index >= 15 is 0 Å². The minimum Gasteiger partial charge on any atom is -1.00 e. The van der Waals surface area contributed by atoms with Crippen LogP contribution in [0.3, 0.4) is 0 Å². The Morgan fingerprint density at radius 2 is 1.29 bits per heavy atom. The fourth-order valence-electron chi connectivity index (χ4n) is 3.48. The number of aliphatic hydroxyl groups is 1. The maximum atomic E-state index is 11.2. The number of aliphatic hydroxyl groups excluding tert-OH is 1. The van der Waals surface area contributed by atoms with Crippen LogP contribution in [0.2, 0.25) is 0 Å². The summed E-state index contributed by atoms with van der Waals surface area (Å²) < 4.78 is 7.00. The number of nitrogens with one attached hydrogen (secondary N) is 3. The first-order chi connectivity index (χ1) is 25.1. The average Bonchev–Trinajstić information content (AvgIpc) is 3.89. The second-order valence-electron chi connectivity index (χ2n) is 10.1. The van der Waals surface area contributed by atoms with E-state index in [2.05, 4.69) is 115 Å². The molecule has 0 atom stereocenters. The zero-order valence-corrected chi connectivity index (χ0v) is 41.9. The summed E-state index contributed by atoms with van der Waals surface area (Å²) in [5.74, 6) is 0.739. The summed E-state index contributed by atoms with van der Waals surface area (Å²) in [6, 6.07) is 10.3. The number of rotatable bonds is 6. The number of carbonyl (C=O) groups excluding carboxylic acids is 1. The second-order valence-corrected chi connectivity index (χ2v) is 27.3. The molecule has 0 bridgehead atoms. The van der Waals surface area contributed by atoms with Gasteiger partial charge in [-0.05, 0) is 96.8 Å². The van der Waals surface area contributed by atoms with Gasteiger partial charge in [0, 0.05) is 107 Å². The van der Waals surface area contributed by atoms with Crippen molar-refractivity contribution < 1.29 is 40.9 Å². The summed E-state index contributed by atoms with van der Waals surface area (Å²) in [5.41, 5.74) is 4.98. The number of thioether (sulfide) groups is 1. The molecule has 0 amide bonds. The number of alkyl halides is 1. The van der Waals surface area contributed by atoms with Crippen LogP contribution in [0.4, 0.5) is 0 Å². The largest absolute Gasteiger partial charge is 1.00 e. The van der Waals surface area contributed by atoms with Gasteiger partial charge in [-0.15, -0.1) is 0 Å². The monoisotopic (exact) mass is 1080 g/mol. The van der Waals surface area contributed by atoms with Crippen LogP contribution in [-0.2, 0) is 45.9 Å². The van der Waals surface area contributed by atoms with Crippen LogP contribution in [0.15, 0.2) is 75.9 Å². The van der Waals surface area contributed by atoms with Crippen molar-refractivity contribution in [1.29, 1.82) is 0 Å². The molecule has 3 radical (unpaired) electrons. The van der Waals surface area contributed by atoms with Gasteiger partial charge in [0.25, 0.3) is 11.1 Å². The molecule has 0 aliphatic rings. The standard InChI is InChI=1S/C10H12N4OS.C5H7BrN2.C5H6N2OS.C5H8N2O.C5H6N2O.B.Br3P.Na.H/c1-7-5-9(15)13-10(12-7)16-6-8-3-4-11-14(8)2;1-8-5(4-6)2-3-7-8;1-3-2-4(8)7-5(9)6-3;2*1-7-5(4-8)2-3-6-7;;1-4(2)3;;/h3-5H,6H2,1-2H3,(H,12,13,15);2-3H,4H2,1H3;2H,1H3,(H2,6,7,8,9);2-3,8H,4H2,1H3;2-4H,1H3;;;;/q;;;;;;;+1;-1. The van der Waals surface area contributed by atoms with Crippen LogP contribution in [0.25, 0.3) is 0 Å². The molecular weight excluding hydrogens is 1040 g/mol. The minimum absolute atomic E-state index is 0. The van der Waals surface area contributed by atoms with E-state index in [4.69, 9.17) is 5.11 Å². The van der Waals surface area contributed by atoms with Gasteiger partial charge in [0.05, 0.1) is 12.3 Å². The van der Waals surface area contributed by atoms with E-state index in [1.807, 2.05) is 37.8 Å². The van der Waals surface area contributed by atoms with Gasteiger partial charge in [-0.3, -0.25) is 38.1 Å². The van der Waals surface area contributed by atoms with E-state index in [1.54, 1.807) is 67.3 Å². The number of halogens is 4. The van der Waals surface area contributed by atoms with Crippen molar-refractivity contribution in [2.24, 2.45) is 28.2 Å². The summed E-state index contributed by atoms with van der Waals surface area (Å²) in [6.07, 6.45) is 7.56. The van der Waals surface area contributed by atoms with Crippen LogP contribution in [0.1, 0.15) is 40.4 Å². The van der Waals surface area contributed by atoms with Crippen LogP contribution >= 0.6 is 90.4 Å². The Hall–Kier alpha value is -1.79. The molecule has 25 heteroatoms. The van der Waals surface area contributed by atoms with E-state index in [0.717, 1.165) is 40.1 Å². The molecule has 6 aromatic rings. The van der Waals surface area contributed by atoms with E-state index in [-0.39, 0.29) is 61.2 Å². The van der Waals surface area contributed by atoms with E-state index in [1.165, 1.54) is 34.3 Å². The molecule has 16 nitrogen and oxygen atoms in total. The number of aromatic nitrogens is 12. The molecule has 0 spiro atoms. The second kappa shape index (κ2) is 31.2. The molecule has 6 aromatic heterocycles. The van der Waals surface area contributed by atoms with Gasteiger partial charge in [0.1, 0.15) is 9.72 Å². The van der Waals surface area contributed by atoms with Gasteiger partial charge in [0.2, 0.25) is 0 Å². The molecule has 55 heavy (non-hydrogen) atoms. The van der Waals surface area contributed by atoms with Gasteiger partial charge in [0.15, 0.2) is 16.2 Å². The van der Waals surface area contributed by atoms with Gasteiger partial charge in [-0.2, -0.15) is 20.4 Å². The Morgan fingerprint density at radius 1 is 0.818 bits per heavy atom. The molecule has 0 aromatic carbocycles. The molecule has 293 valence electrons. The van der Waals surface area contributed by atoms with Crippen LogP contribution < -0.4 is 40.7 Å². The average molecular weight is 1080 g/mol. The first kappa shape index (κ1) is 55.3. The zero-order chi connectivity index (χ0) is 39.9. The van der Waals surface area contributed by atoms with E-state index < -0.39 is 0 Å². The third kappa shape index (κ3) is 24.6. The van der Waals surface area contributed by atoms with Crippen molar-refractivity contribution in [2.75, 3.05) is 0 Å². The Bertz CT molecular complexity index is 2060. The summed E-state index contributed by atoms with van der Waals surface area (Å²) in [5, 5.41) is 25.7. The summed E-state index contributed by atoms with van der Waals surface area (Å²) in [6.45, 7) is 3.66. The number of nitrogens with zero attached hydrogens (tertiary/aromatic N) is 9. The summed E-state index contributed by atoms with van der Waals surface area (Å²) in [7, 11) is 7.34. The van der Waals surface area contributed by atoms with E-state index in [9.17, 15) is 14.4 Å². The number of aromatic amines is 3. The van der Waals surface area contributed by atoms with Crippen molar-refractivity contribution in [3.8, 4) is 0 Å².